The molecule has 0 saturated carbocycles. The van der Waals surface area contributed by atoms with E-state index in [4.69, 9.17) is 11.6 Å². The number of halogens is 1. The standard InChI is InChI=1S/C25H29ClN4O3S/c1-16-8-10-23(11-18(16)3)30-19(4)12-21(20(30)5)14-27-28-25(31)15-29(34(6,32)33)24-13-22(26)9-7-17(24)2/h7-14H,15H2,1-6H3,(H,28,31)/b27-14-. The zero-order valence-electron chi connectivity index (χ0n) is 20.2. The van der Waals surface area contributed by atoms with Gasteiger partial charge in [-0.15, -0.1) is 0 Å². The molecule has 0 fully saturated rings. The highest BCUT2D eigenvalue weighted by Gasteiger charge is 2.22. The van der Waals surface area contributed by atoms with Gasteiger partial charge in [0.25, 0.3) is 5.91 Å². The highest BCUT2D eigenvalue weighted by atomic mass is 35.5. The van der Waals surface area contributed by atoms with Gasteiger partial charge in [-0.3, -0.25) is 9.10 Å². The molecule has 0 saturated heterocycles. The molecule has 1 aromatic heterocycles. The highest BCUT2D eigenvalue weighted by molar-refractivity contribution is 7.92. The van der Waals surface area contributed by atoms with Gasteiger partial charge >= 0.3 is 0 Å². The van der Waals surface area contributed by atoms with Crippen molar-refractivity contribution in [3.8, 4) is 5.69 Å². The van der Waals surface area contributed by atoms with Crippen LogP contribution in [0.4, 0.5) is 5.69 Å². The number of carbonyl (C=O) groups is 1. The molecule has 0 unspecified atom stereocenters. The summed E-state index contributed by atoms with van der Waals surface area (Å²) in [4.78, 5) is 12.5. The Morgan fingerprint density at radius 3 is 2.35 bits per heavy atom. The average molecular weight is 501 g/mol. The summed E-state index contributed by atoms with van der Waals surface area (Å²) in [6, 6.07) is 13.2. The number of benzene rings is 2. The summed E-state index contributed by atoms with van der Waals surface area (Å²) in [5, 5.41) is 4.45. The summed E-state index contributed by atoms with van der Waals surface area (Å²) in [5.74, 6) is -0.566. The topological polar surface area (TPSA) is 83.8 Å². The van der Waals surface area contributed by atoms with Gasteiger partial charge in [0, 0.05) is 27.7 Å². The van der Waals surface area contributed by atoms with E-state index in [1.807, 2.05) is 19.9 Å². The maximum Gasteiger partial charge on any atom is 0.260 e. The zero-order chi connectivity index (χ0) is 25.2. The normalized spacial score (nSPS) is 11.7. The minimum Gasteiger partial charge on any atom is -0.318 e. The van der Waals surface area contributed by atoms with Crippen LogP contribution in [0.3, 0.4) is 0 Å². The minimum atomic E-state index is -3.72. The van der Waals surface area contributed by atoms with Crippen molar-refractivity contribution in [1.29, 1.82) is 0 Å². The second-order valence-corrected chi connectivity index (χ2v) is 10.8. The first-order valence-electron chi connectivity index (χ1n) is 10.7. The summed E-state index contributed by atoms with van der Waals surface area (Å²) in [6.45, 7) is 9.49. The van der Waals surface area contributed by atoms with Gasteiger partial charge in [0.2, 0.25) is 10.0 Å². The second-order valence-electron chi connectivity index (χ2n) is 8.42. The molecule has 0 bridgehead atoms. The van der Waals surface area contributed by atoms with Crippen molar-refractivity contribution < 1.29 is 13.2 Å². The van der Waals surface area contributed by atoms with Crippen molar-refractivity contribution in [2.45, 2.75) is 34.6 Å². The number of aryl methyl sites for hydroxylation is 4. The van der Waals surface area contributed by atoms with Gasteiger partial charge in [-0.25, -0.2) is 13.8 Å². The number of hydrogen-bond donors (Lipinski definition) is 1. The largest absolute Gasteiger partial charge is 0.318 e. The smallest absolute Gasteiger partial charge is 0.260 e. The highest BCUT2D eigenvalue weighted by Crippen LogP contribution is 2.26. The fourth-order valence-corrected chi connectivity index (χ4v) is 4.82. The molecule has 0 aliphatic carbocycles. The summed E-state index contributed by atoms with van der Waals surface area (Å²) in [6.07, 6.45) is 2.61. The zero-order valence-corrected chi connectivity index (χ0v) is 21.8. The lowest BCUT2D eigenvalue weighted by Gasteiger charge is -2.23. The van der Waals surface area contributed by atoms with Crippen molar-refractivity contribution in [2.24, 2.45) is 5.10 Å². The van der Waals surface area contributed by atoms with Gasteiger partial charge in [-0.05, 0) is 81.6 Å². The average Bonchev–Trinajstić information content (AvgIpc) is 3.02. The van der Waals surface area contributed by atoms with Crippen molar-refractivity contribution in [3.63, 3.8) is 0 Å². The first kappa shape index (κ1) is 25.5. The summed E-state index contributed by atoms with van der Waals surface area (Å²) in [7, 11) is -3.72. The van der Waals surface area contributed by atoms with Gasteiger partial charge in [-0.1, -0.05) is 23.7 Å². The number of amides is 1. The molecule has 0 radical (unpaired) electrons. The number of nitrogens with zero attached hydrogens (tertiary/aromatic N) is 3. The molecule has 2 aromatic carbocycles. The van der Waals surface area contributed by atoms with Gasteiger partial charge in [-0.2, -0.15) is 5.10 Å². The van der Waals surface area contributed by atoms with Gasteiger partial charge < -0.3 is 4.57 Å². The fraction of sp³-hybridized carbons (Fsp3) is 0.280. The third-order valence-corrected chi connectivity index (χ3v) is 7.10. The number of sulfonamides is 1. The van der Waals surface area contributed by atoms with Crippen LogP contribution in [-0.4, -0.2) is 37.9 Å². The Kier molecular flexibility index (Phi) is 7.53. The van der Waals surface area contributed by atoms with Crippen LogP contribution >= 0.6 is 11.6 Å². The quantitative estimate of drug-likeness (QED) is 0.380. The van der Waals surface area contributed by atoms with Crippen LogP contribution in [0.1, 0.15) is 33.6 Å². The molecular formula is C25H29ClN4O3S. The maximum atomic E-state index is 12.5. The van der Waals surface area contributed by atoms with Crippen LogP contribution in [0.5, 0.6) is 0 Å². The molecule has 34 heavy (non-hydrogen) atoms. The minimum absolute atomic E-state index is 0.353. The lowest BCUT2D eigenvalue weighted by Crippen LogP contribution is -2.39. The molecule has 1 amide bonds. The molecular weight excluding hydrogens is 472 g/mol. The van der Waals surface area contributed by atoms with Crippen molar-refractivity contribution in [3.05, 3.63) is 81.1 Å². The number of hydrogen-bond acceptors (Lipinski definition) is 4. The van der Waals surface area contributed by atoms with E-state index in [2.05, 4.69) is 47.1 Å². The lowest BCUT2D eigenvalue weighted by molar-refractivity contribution is -0.119. The van der Waals surface area contributed by atoms with Crippen molar-refractivity contribution >= 4 is 39.4 Å². The molecule has 0 aliphatic rings. The van der Waals surface area contributed by atoms with Gasteiger partial charge in [0.05, 0.1) is 18.2 Å². The van der Waals surface area contributed by atoms with E-state index in [-0.39, 0.29) is 0 Å². The summed E-state index contributed by atoms with van der Waals surface area (Å²) in [5.41, 5.74) is 9.82. The van der Waals surface area contributed by atoms with E-state index in [1.54, 1.807) is 25.3 Å². The van der Waals surface area contributed by atoms with Crippen molar-refractivity contribution in [1.82, 2.24) is 9.99 Å². The first-order valence-corrected chi connectivity index (χ1v) is 12.9. The molecule has 180 valence electrons. The van der Waals surface area contributed by atoms with Crippen molar-refractivity contribution in [2.75, 3.05) is 17.1 Å². The van der Waals surface area contributed by atoms with Crippen LogP contribution in [0.2, 0.25) is 5.02 Å². The van der Waals surface area contributed by atoms with E-state index < -0.39 is 22.5 Å². The van der Waals surface area contributed by atoms with E-state index in [9.17, 15) is 13.2 Å². The molecule has 3 aromatic rings. The summed E-state index contributed by atoms with van der Waals surface area (Å²) >= 11 is 6.04. The van der Waals surface area contributed by atoms with Crippen LogP contribution in [0.25, 0.3) is 5.69 Å². The number of hydrazone groups is 1. The molecule has 1 N–H and O–H groups in total. The lowest BCUT2D eigenvalue weighted by atomic mass is 10.1. The molecule has 3 rings (SSSR count). The number of nitrogens with one attached hydrogen (secondary N) is 1. The predicted molar refractivity (Wildman–Crippen MR) is 139 cm³/mol. The molecule has 7 nitrogen and oxygen atoms in total. The SMILES string of the molecule is Cc1ccc(-n2c(C)cc(/C=N\NC(=O)CN(c3cc(Cl)ccc3C)S(C)(=O)=O)c2C)cc1C. The Bertz CT molecular complexity index is 1380. The van der Waals surface area contributed by atoms with E-state index >= 15 is 0 Å². The maximum absolute atomic E-state index is 12.5. The Morgan fingerprint density at radius 1 is 1.03 bits per heavy atom. The first-order chi connectivity index (χ1) is 15.9. The van der Waals surface area contributed by atoms with Crippen LogP contribution in [0, 0.1) is 34.6 Å². The summed E-state index contributed by atoms with van der Waals surface area (Å²) < 4.78 is 27.9. The van der Waals surface area contributed by atoms with E-state index in [0.29, 0.717) is 16.3 Å². The molecule has 9 heteroatoms. The van der Waals surface area contributed by atoms with Crippen LogP contribution in [-0.2, 0) is 14.8 Å². The molecule has 0 aliphatic heterocycles. The third kappa shape index (κ3) is 5.69. The Labute approximate surface area is 206 Å². The van der Waals surface area contributed by atoms with Crippen LogP contribution in [0.15, 0.2) is 47.6 Å². The number of rotatable bonds is 7. The fourth-order valence-electron chi connectivity index (χ4n) is 3.75. The third-order valence-electron chi connectivity index (χ3n) is 5.74. The Hall–Kier alpha value is -3.10. The monoisotopic (exact) mass is 500 g/mol. The Balaban J connectivity index is 1.78. The number of carbonyl (C=O) groups excluding carboxylic acids is 1. The molecule has 1 heterocycles. The van der Waals surface area contributed by atoms with Gasteiger partial charge in [0.1, 0.15) is 6.54 Å². The van der Waals surface area contributed by atoms with E-state index in [0.717, 1.165) is 33.2 Å². The van der Waals surface area contributed by atoms with Crippen LogP contribution < -0.4 is 9.73 Å². The second kappa shape index (κ2) is 10.0. The number of aromatic nitrogens is 1. The molecule has 0 atom stereocenters. The molecule has 0 spiro atoms. The van der Waals surface area contributed by atoms with Gasteiger partial charge in [0.15, 0.2) is 0 Å². The van der Waals surface area contributed by atoms with E-state index in [1.165, 1.54) is 17.2 Å². The predicted octanol–water partition coefficient (Wildman–Crippen LogP) is 4.59. The Morgan fingerprint density at radius 2 is 1.71 bits per heavy atom. The number of anilines is 1.